The van der Waals surface area contributed by atoms with Crippen molar-refractivity contribution in [2.45, 2.75) is 39.2 Å². The fourth-order valence-corrected chi connectivity index (χ4v) is 1.98. The number of hydrogen-bond acceptors (Lipinski definition) is 4. The van der Waals surface area contributed by atoms with E-state index in [9.17, 15) is 9.59 Å². The maximum absolute atomic E-state index is 11.8. The summed E-state index contributed by atoms with van der Waals surface area (Å²) in [6.45, 7) is 5.58. The van der Waals surface area contributed by atoms with Crippen LogP contribution in [0.2, 0.25) is 0 Å². The van der Waals surface area contributed by atoms with Crippen LogP contribution in [0.4, 0.5) is 4.79 Å². The van der Waals surface area contributed by atoms with Crippen molar-refractivity contribution in [2.75, 3.05) is 13.7 Å². The van der Waals surface area contributed by atoms with Crippen LogP contribution in [0.25, 0.3) is 0 Å². The minimum atomic E-state index is -0.561. The third-order valence-electron chi connectivity index (χ3n) is 3.05. The van der Waals surface area contributed by atoms with Crippen molar-refractivity contribution in [3.63, 3.8) is 0 Å². The molecule has 0 saturated heterocycles. The van der Waals surface area contributed by atoms with Gasteiger partial charge in [-0.3, -0.25) is 4.79 Å². The number of alkyl carbamates (subject to hydrolysis) is 1. The monoisotopic (exact) mass is 307 g/mol. The number of carbonyl (C=O) groups is 2. The summed E-state index contributed by atoms with van der Waals surface area (Å²) in [5.74, 6) is -0.718. The van der Waals surface area contributed by atoms with Crippen molar-refractivity contribution in [1.82, 2.24) is 5.32 Å². The van der Waals surface area contributed by atoms with Gasteiger partial charge in [-0.25, -0.2) is 4.79 Å². The van der Waals surface area contributed by atoms with Gasteiger partial charge < -0.3 is 14.8 Å². The largest absolute Gasteiger partial charge is 0.469 e. The number of methoxy groups -OCH3 is 1. The molecule has 1 amide bonds. The zero-order chi connectivity index (χ0) is 16.6. The van der Waals surface area contributed by atoms with E-state index in [1.807, 2.05) is 30.3 Å². The van der Waals surface area contributed by atoms with Gasteiger partial charge in [-0.15, -0.1) is 0 Å². The minimum absolute atomic E-state index is 0.203. The van der Waals surface area contributed by atoms with Gasteiger partial charge in [-0.2, -0.15) is 0 Å². The van der Waals surface area contributed by atoms with Gasteiger partial charge >= 0.3 is 12.1 Å². The normalized spacial score (nSPS) is 12.4. The number of nitrogens with one attached hydrogen (secondary N) is 1. The van der Waals surface area contributed by atoms with E-state index in [0.717, 1.165) is 12.0 Å². The van der Waals surface area contributed by atoms with Crippen LogP contribution in [0.1, 0.15) is 32.8 Å². The Labute approximate surface area is 132 Å². The topological polar surface area (TPSA) is 64.6 Å². The predicted molar refractivity (Wildman–Crippen MR) is 84.5 cm³/mol. The molecule has 0 heterocycles. The van der Waals surface area contributed by atoms with Crippen LogP contribution in [0.15, 0.2) is 30.3 Å². The van der Waals surface area contributed by atoms with Crippen molar-refractivity contribution < 1.29 is 19.1 Å². The number of hydrogen-bond donors (Lipinski definition) is 1. The second-order valence-electron chi connectivity index (χ2n) is 6.13. The Kier molecular flexibility index (Phi) is 6.89. The molecule has 122 valence electrons. The average Bonchev–Trinajstić information content (AvgIpc) is 2.45. The van der Waals surface area contributed by atoms with E-state index >= 15 is 0 Å². The summed E-state index contributed by atoms with van der Waals surface area (Å²) in [6, 6.07) is 9.89. The lowest BCUT2D eigenvalue weighted by molar-refractivity contribution is -0.145. The van der Waals surface area contributed by atoms with Crippen molar-refractivity contribution in [3.05, 3.63) is 35.9 Å². The summed E-state index contributed by atoms with van der Waals surface area (Å²) < 4.78 is 9.97. The molecule has 0 saturated carbocycles. The van der Waals surface area contributed by atoms with Gasteiger partial charge in [0.15, 0.2) is 0 Å². The Bertz CT molecular complexity index is 479. The molecule has 0 fully saturated rings. The lowest BCUT2D eigenvalue weighted by Crippen LogP contribution is -2.37. The highest BCUT2D eigenvalue weighted by molar-refractivity contribution is 5.74. The lowest BCUT2D eigenvalue weighted by atomic mass is 9.99. The molecular weight excluding hydrogens is 282 g/mol. The molecule has 0 spiro atoms. The van der Waals surface area contributed by atoms with Crippen LogP contribution in [0, 0.1) is 5.92 Å². The first-order valence-corrected chi connectivity index (χ1v) is 7.40. The highest BCUT2D eigenvalue weighted by Gasteiger charge is 2.22. The zero-order valence-corrected chi connectivity index (χ0v) is 13.7. The van der Waals surface area contributed by atoms with E-state index in [4.69, 9.17) is 9.47 Å². The molecule has 22 heavy (non-hydrogen) atoms. The van der Waals surface area contributed by atoms with Gasteiger partial charge in [0, 0.05) is 6.54 Å². The second kappa shape index (κ2) is 8.41. The molecule has 0 aliphatic rings. The summed E-state index contributed by atoms with van der Waals surface area (Å²) in [4.78, 5) is 23.5. The molecule has 1 atom stereocenters. The number of aryl methyl sites for hydroxylation is 1. The van der Waals surface area contributed by atoms with Crippen LogP contribution < -0.4 is 5.32 Å². The van der Waals surface area contributed by atoms with E-state index in [1.54, 1.807) is 20.8 Å². The molecule has 0 aliphatic heterocycles. The van der Waals surface area contributed by atoms with Gasteiger partial charge in [0.2, 0.25) is 0 Å². The number of benzene rings is 1. The van der Waals surface area contributed by atoms with Crippen LogP contribution in [0.5, 0.6) is 0 Å². The highest BCUT2D eigenvalue weighted by Crippen LogP contribution is 2.12. The van der Waals surface area contributed by atoms with Crippen molar-refractivity contribution in [1.29, 1.82) is 0 Å². The Morgan fingerprint density at radius 2 is 1.82 bits per heavy atom. The quantitative estimate of drug-likeness (QED) is 0.821. The van der Waals surface area contributed by atoms with Gasteiger partial charge in [0.05, 0.1) is 13.0 Å². The summed E-state index contributed by atoms with van der Waals surface area (Å²) in [5, 5.41) is 2.63. The first-order chi connectivity index (χ1) is 10.3. The smallest absolute Gasteiger partial charge is 0.407 e. The average molecular weight is 307 g/mol. The summed E-state index contributed by atoms with van der Waals surface area (Å²) in [6.07, 6.45) is 0.824. The molecule has 5 heteroatoms. The SMILES string of the molecule is COC(=O)C(CCc1ccccc1)CNC(=O)OC(C)(C)C. The van der Waals surface area contributed by atoms with Crippen LogP contribution in [0.3, 0.4) is 0 Å². The molecule has 1 N–H and O–H groups in total. The zero-order valence-electron chi connectivity index (χ0n) is 13.7. The summed E-state index contributed by atoms with van der Waals surface area (Å²) in [7, 11) is 1.35. The van der Waals surface area contributed by atoms with E-state index in [0.29, 0.717) is 6.42 Å². The van der Waals surface area contributed by atoms with Crippen molar-refractivity contribution in [2.24, 2.45) is 5.92 Å². The van der Waals surface area contributed by atoms with Crippen molar-refractivity contribution >= 4 is 12.1 Å². The Hall–Kier alpha value is -2.04. The maximum atomic E-state index is 11.8. The Morgan fingerprint density at radius 3 is 2.36 bits per heavy atom. The third kappa shape index (κ3) is 7.11. The van der Waals surface area contributed by atoms with Gasteiger partial charge in [0.1, 0.15) is 5.60 Å². The number of ether oxygens (including phenoxy) is 2. The Balaban J connectivity index is 2.51. The molecule has 5 nitrogen and oxygen atoms in total. The number of amides is 1. The van der Waals surface area contributed by atoms with Crippen LogP contribution in [-0.2, 0) is 20.7 Å². The van der Waals surface area contributed by atoms with Crippen LogP contribution in [-0.4, -0.2) is 31.3 Å². The number of rotatable bonds is 6. The molecule has 0 bridgehead atoms. The molecule has 1 aromatic carbocycles. The van der Waals surface area contributed by atoms with Gasteiger partial charge in [-0.05, 0) is 39.2 Å². The fourth-order valence-electron chi connectivity index (χ4n) is 1.98. The van der Waals surface area contributed by atoms with Crippen LogP contribution >= 0.6 is 0 Å². The summed E-state index contributed by atoms with van der Waals surface area (Å²) in [5.41, 5.74) is 0.586. The molecule has 1 unspecified atom stereocenters. The molecule has 0 aliphatic carbocycles. The van der Waals surface area contributed by atoms with Gasteiger partial charge in [-0.1, -0.05) is 30.3 Å². The standard InChI is InChI=1S/C17H25NO4/c1-17(2,3)22-16(20)18-12-14(15(19)21-4)11-10-13-8-6-5-7-9-13/h5-9,14H,10-12H2,1-4H3,(H,18,20). The third-order valence-corrected chi connectivity index (χ3v) is 3.05. The fraction of sp³-hybridized carbons (Fsp3) is 0.529. The first kappa shape index (κ1) is 18.0. The van der Waals surface area contributed by atoms with Crippen molar-refractivity contribution in [3.8, 4) is 0 Å². The maximum Gasteiger partial charge on any atom is 0.407 e. The van der Waals surface area contributed by atoms with E-state index in [-0.39, 0.29) is 12.5 Å². The predicted octanol–water partition coefficient (Wildman–Crippen LogP) is 2.93. The van der Waals surface area contributed by atoms with E-state index < -0.39 is 17.6 Å². The highest BCUT2D eigenvalue weighted by atomic mass is 16.6. The molecule has 0 radical (unpaired) electrons. The molecule has 1 aromatic rings. The molecular formula is C17H25NO4. The summed E-state index contributed by atoms with van der Waals surface area (Å²) >= 11 is 0. The molecule has 0 aromatic heterocycles. The second-order valence-corrected chi connectivity index (χ2v) is 6.13. The first-order valence-electron chi connectivity index (χ1n) is 7.40. The number of esters is 1. The minimum Gasteiger partial charge on any atom is -0.469 e. The van der Waals surface area contributed by atoms with E-state index in [2.05, 4.69) is 5.32 Å². The lowest BCUT2D eigenvalue weighted by Gasteiger charge is -2.21. The Morgan fingerprint density at radius 1 is 1.18 bits per heavy atom. The van der Waals surface area contributed by atoms with Gasteiger partial charge in [0.25, 0.3) is 0 Å². The molecule has 1 rings (SSSR count). The number of carbonyl (C=O) groups excluding carboxylic acids is 2. The van der Waals surface area contributed by atoms with E-state index in [1.165, 1.54) is 7.11 Å².